The third kappa shape index (κ3) is 3.76. The number of carbonyl (C=O) groups is 1. The van der Waals surface area contributed by atoms with Crippen LogP contribution >= 0.6 is 0 Å². The number of fused-ring (bicyclic) bond motifs is 2. The Labute approximate surface area is 198 Å². The summed E-state index contributed by atoms with van der Waals surface area (Å²) in [5.74, 6) is -2.90. The third-order valence-electron chi connectivity index (χ3n) is 5.94. The summed E-state index contributed by atoms with van der Waals surface area (Å²) in [6.07, 6.45) is -0.276. The molecule has 0 amide bonds. The molecule has 1 aromatic heterocycles. The number of esters is 1. The molecule has 3 aromatic carbocycles. The molecule has 3 N–H and O–H groups in total. The predicted octanol–water partition coefficient (Wildman–Crippen LogP) is 4.00. The number of phenolic OH excluding ortho intramolecular Hbond substituents is 3. The number of aromatic hydroxyl groups is 3. The summed E-state index contributed by atoms with van der Waals surface area (Å²) in [5.41, 5.74) is 0.207. The van der Waals surface area contributed by atoms with Crippen LogP contribution in [-0.4, -0.2) is 35.2 Å². The van der Waals surface area contributed by atoms with Crippen LogP contribution in [0.15, 0.2) is 63.8 Å². The topological polar surface area (TPSA) is 136 Å². The highest BCUT2D eigenvalue weighted by atomic mass is 16.7. The number of hydrogen-bond donors (Lipinski definition) is 3. The highest BCUT2D eigenvalue weighted by Crippen LogP contribution is 2.50. The van der Waals surface area contributed by atoms with Gasteiger partial charge < -0.3 is 33.9 Å². The van der Waals surface area contributed by atoms with Crippen molar-refractivity contribution in [3.63, 3.8) is 0 Å². The first-order valence-corrected chi connectivity index (χ1v) is 10.7. The Morgan fingerprint density at radius 3 is 2.46 bits per heavy atom. The smallest absolute Gasteiger partial charge is 0.306 e. The minimum Gasteiger partial charge on any atom is -0.504 e. The second-order valence-electron chi connectivity index (χ2n) is 7.95. The van der Waals surface area contributed by atoms with Gasteiger partial charge in [0.1, 0.15) is 16.7 Å². The van der Waals surface area contributed by atoms with Gasteiger partial charge in [-0.1, -0.05) is 36.4 Å². The van der Waals surface area contributed by atoms with Crippen LogP contribution in [0.1, 0.15) is 23.5 Å². The lowest BCUT2D eigenvalue weighted by Crippen LogP contribution is -2.12. The molecule has 1 aliphatic heterocycles. The first-order valence-electron chi connectivity index (χ1n) is 10.7. The van der Waals surface area contributed by atoms with Gasteiger partial charge in [-0.05, 0) is 17.7 Å². The van der Waals surface area contributed by atoms with E-state index in [1.165, 1.54) is 13.2 Å². The van der Waals surface area contributed by atoms with Crippen molar-refractivity contribution in [2.45, 2.75) is 12.3 Å². The molecule has 9 heteroatoms. The maximum absolute atomic E-state index is 13.1. The second kappa shape index (κ2) is 8.60. The number of phenols is 3. The average Bonchev–Trinajstić information content (AvgIpc) is 3.35. The van der Waals surface area contributed by atoms with E-state index >= 15 is 0 Å². The van der Waals surface area contributed by atoms with Gasteiger partial charge in [0.2, 0.25) is 12.5 Å². The number of hydrogen-bond acceptors (Lipinski definition) is 9. The van der Waals surface area contributed by atoms with Crippen LogP contribution < -0.4 is 14.9 Å². The highest BCUT2D eigenvalue weighted by Gasteiger charge is 2.32. The minimum absolute atomic E-state index is 0.0317. The molecule has 4 aromatic rings. The fraction of sp³-hybridized carbons (Fsp3) is 0.154. The van der Waals surface area contributed by atoms with Gasteiger partial charge in [-0.15, -0.1) is 0 Å². The molecule has 0 fully saturated rings. The first kappa shape index (κ1) is 22.1. The molecule has 0 aliphatic carbocycles. The molecule has 0 radical (unpaired) electrons. The summed E-state index contributed by atoms with van der Waals surface area (Å²) in [5, 5.41) is 31.6. The Hall–Kier alpha value is -4.66. The Balaban J connectivity index is 1.82. The maximum atomic E-state index is 13.1. The van der Waals surface area contributed by atoms with Crippen molar-refractivity contribution in [2.24, 2.45) is 0 Å². The van der Waals surface area contributed by atoms with Gasteiger partial charge in [-0.3, -0.25) is 9.59 Å². The zero-order chi connectivity index (χ0) is 24.7. The SMILES string of the molecule is COC(=O)C[C@H](c1ccc2c(c1)OCO2)c1c(O)c(O)c(O)c2c(=O)cc(-c3ccccc3)oc12. The van der Waals surface area contributed by atoms with Crippen molar-refractivity contribution in [1.82, 2.24) is 0 Å². The summed E-state index contributed by atoms with van der Waals surface area (Å²) in [6, 6.07) is 14.9. The number of methoxy groups -OCH3 is 1. The van der Waals surface area contributed by atoms with Gasteiger partial charge in [0, 0.05) is 23.1 Å². The monoisotopic (exact) mass is 476 g/mol. The van der Waals surface area contributed by atoms with E-state index in [0.717, 1.165) is 0 Å². The summed E-state index contributed by atoms with van der Waals surface area (Å²) < 4.78 is 21.7. The van der Waals surface area contributed by atoms with Gasteiger partial charge in [0.05, 0.1) is 13.5 Å². The zero-order valence-electron chi connectivity index (χ0n) is 18.5. The Morgan fingerprint density at radius 2 is 1.71 bits per heavy atom. The lowest BCUT2D eigenvalue weighted by Gasteiger charge is -2.21. The predicted molar refractivity (Wildman–Crippen MR) is 124 cm³/mol. The molecule has 0 spiro atoms. The van der Waals surface area contributed by atoms with Crippen LogP contribution in [0, 0.1) is 0 Å². The minimum atomic E-state index is -0.944. The summed E-state index contributed by atoms with van der Waals surface area (Å²) in [6.45, 7) is 0.0317. The van der Waals surface area contributed by atoms with Gasteiger partial charge >= 0.3 is 5.97 Å². The van der Waals surface area contributed by atoms with E-state index in [1.54, 1.807) is 48.5 Å². The normalized spacial score (nSPS) is 13.1. The molecule has 35 heavy (non-hydrogen) atoms. The number of ether oxygens (including phenoxy) is 3. The van der Waals surface area contributed by atoms with Crippen molar-refractivity contribution in [3.8, 4) is 40.1 Å². The summed E-state index contributed by atoms with van der Waals surface area (Å²) in [7, 11) is 1.22. The van der Waals surface area contributed by atoms with Crippen LogP contribution in [0.5, 0.6) is 28.7 Å². The zero-order valence-corrected chi connectivity index (χ0v) is 18.5. The molecular formula is C26H20O9. The molecule has 0 saturated heterocycles. The molecule has 9 nitrogen and oxygen atoms in total. The van der Waals surface area contributed by atoms with Crippen LogP contribution in [0.25, 0.3) is 22.3 Å². The van der Waals surface area contributed by atoms with Gasteiger partial charge in [0.25, 0.3) is 0 Å². The summed E-state index contributed by atoms with van der Waals surface area (Å²) in [4.78, 5) is 25.5. The van der Waals surface area contributed by atoms with E-state index in [9.17, 15) is 24.9 Å². The molecule has 5 rings (SSSR count). The number of rotatable bonds is 5. The van der Waals surface area contributed by atoms with Gasteiger partial charge in [0.15, 0.2) is 28.4 Å². The Bertz CT molecular complexity index is 1510. The van der Waals surface area contributed by atoms with Crippen LogP contribution in [-0.2, 0) is 9.53 Å². The van der Waals surface area contributed by atoms with Crippen molar-refractivity contribution >= 4 is 16.9 Å². The molecular weight excluding hydrogens is 456 g/mol. The van der Waals surface area contributed by atoms with E-state index in [2.05, 4.69) is 0 Å². The number of carbonyl (C=O) groups excluding carboxylic acids is 1. The fourth-order valence-corrected chi connectivity index (χ4v) is 4.21. The van der Waals surface area contributed by atoms with Crippen LogP contribution in [0.3, 0.4) is 0 Å². The molecule has 0 unspecified atom stereocenters. The van der Waals surface area contributed by atoms with Crippen LogP contribution in [0.2, 0.25) is 0 Å². The molecule has 0 saturated carbocycles. The highest BCUT2D eigenvalue weighted by molar-refractivity contribution is 5.93. The van der Waals surface area contributed by atoms with E-state index in [4.69, 9.17) is 18.6 Å². The standard InChI is InChI=1S/C26H20O9/c1-32-20(28)10-15(14-7-8-17-19(9-14)34-12-33-17)21-23(29)25(31)24(30)22-16(27)11-18(35-26(21)22)13-5-3-2-4-6-13/h2-9,11,15,29-31H,10,12H2,1H3/t15-/m1/s1. The lowest BCUT2D eigenvalue weighted by atomic mass is 9.86. The molecule has 2 heterocycles. The number of benzene rings is 3. The van der Waals surface area contributed by atoms with Crippen molar-refractivity contribution in [3.05, 3.63) is 75.9 Å². The van der Waals surface area contributed by atoms with Crippen molar-refractivity contribution in [1.29, 1.82) is 0 Å². The molecule has 1 atom stereocenters. The Morgan fingerprint density at radius 1 is 0.971 bits per heavy atom. The summed E-state index contributed by atoms with van der Waals surface area (Å²) >= 11 is 0. The third-order valence-corrected chi connectivity index (χ3v) is 5.94. The molecule has 178 valence electrons. The quantitative estimate of drug-likeness (QED) is 0.288. The van der Waals surface area contributed by atoms with Crippen molar-refractivity contribution in [2.75, 3.05) is 13.9 Å². The van der Waals surface area contributed by atoms with Crippen molar-refractivity contribution < 1.29 is 38.7 Å². The second-order valence-corrected chi connectivity index (χ2v) is 7.95. The largest absolute Gasteiger partial charge is 0.504 e. The van der Waals surface area contributed by atoms with E-state index in [-0.39, 0.29) is 35.5 Å². The fourth-order valence-electron chi connectivity index (χ4n) is 4.21. The van der Waals surface area contributed by atoms with E-state index in [1.807, 2.05) is 0 Å². The Kier molecular flexibility index (Phi) is 5.44. The first-order chi connectivity index (χ1) is 16.9. The van der Waals surface area contributed by atoms with E-state index < -0.39 is 34.6 Å². The van der Waals surface area contributed by atoms with Gasteiger partial charge in [-0.2, -0.15) is 0 Å². The molecule has 1 aliphatic rings. The van der Waals surface area contributed by atoms with E-state index in [0.29, 0.717) is 22.6 Å². The lowest BCUT2D eigenvalue weighted by molar-refractivity contribution is -0.140. The maximum Gasteiger partial charge on any atom is 0.306 e. The molecule has 0 bridgehead atoms. The average molecular weight is 476 g/mol. The van der Waals surface area contributed by atoms with Gasteiger partial charge in [-0.25, -0.2) is 0 Å². The van der Waals surface area contributed by atoms with Crippen LogP contribution in [0.4, 0.5) is 0 Å².